The molecule has 3 atom stereocenters. The van der Waals surface area contributed by atoms with Crippen LogP contribution in [0.2, 0.25) is 0 Å². The molecule has 1 N–H and O–H groups in total. The molecule has 2 bridgehead atoms. The van der Waals surface area contributed by atoms with E-state index in [1.807, 2.05) is 4.90 Å². The highest BCUT2D eigenvalue weighted by atomic mass is 19.1. The van der Waals surface area contributed by atoms with E-state index < -0.39 is 0 Å². The van der Waals surface area contributed by atoms with E-state index in [-0.39, 0.29) is 35.9 Å². The minimum Gasteiger partial charge on any atom is -0.370 e. The van der Waals surface area contributed by atoms with Crippen LogP contribution in [0.25, 0.3) is 0 Å². The number of fused-ring (bicyclic) bond motifs is 2. The summed E-state index contributed by atoms with van der Waals surface area (Å²) in [6, 6.07) is 5.44. The third kappa shape index (κ3) is 3.33. The average Bonchev–Trinajstić information content (AvgIpc) is 3.24. The fraction of sp³-hybridized carbons (Fsp3) is 0.556. The van der Waals surface area contributed by atoms with Gasteiger partial charge in [0, 0.05) is 31.9 Å². The van der Waals surface area contributed by atoms with Gasteiger partial charge in [-0.2, -0.15) is 0 Å². The Morgan fingerprint density at radius 2 is 1.80 bits per heavy atom. The molecule has 6 nitrogen and oxygen atoms in total. The molecule has 0 saturated carbocycles. The number of nitrogens with zero attached hydrogens (tertiary/aromatic N) is 2. The number of hydrogen-bond donors (Lipinski definition) is 1. The Morgan fingerprint density at radius 1 is 1.08 bits per heavy atom. The average molecular weight is 347 g/mol. The number of morpholine rings is 1. The largest absolute Gasteiger partial charge is 0.370 e. The first-order valence-corrected chi connectivity index (χ1v) is 8.86. The molecule has 3 amide bonds. The number of urea groups is 1. The van der Waals surface area contributed by atoms with Crippen LogP contribution in [-0.2, 0) is 9.53 Å². The van der Waals surface area contributed by atoms with Crippen molar-refractivity contribution in [2.24, 2.45) is 5.92 Å². The SMILES string of the molecule is O=C(Nc1ccc(F)cc1)N1C[C@H]2C[C@H](C(=O)N3CCCC3)[C@@H](C1)O2. The summed E-state index contributed by atoms with van der Waals surface area (Å²) in [6.45, 7) is 2.56. The van der Waals surface area contributed by atoms with E-state index in [0.717, 1.165) is 25.9 Å². The third-order valence-electron chi connectivity index (χ3n) is 5.27. The van der Waals surface area contributed by atoms with E-state index in [2.05, 4.69) is 5.32 Å². The molecule has 0 radical (unpaired) electrons. The molecule has 0 aromatic heterocycles. The summed E-state index contributed by atoms with van der Waals surface area (Å²) in [7, 11) is 0. The van der Waals surface area contributed by atoms with Crippen molar-refractivity contribution in [2.45, 2.75) is 31.5 Å². The van der Waals surface area contributed by atoms with Crippen molar-refractivity contribution >= 4 is 17.6 Å². The summed E-state index contributed by atoms with van der Waals surface area (Å²) in [6.07, 6.45) is 2.50. The van der Waals surface area contributed by atoms with Gasteiger partial charge in [-0.15, -0.1) is 0 Å². The zero-order valence-corrected chi connectivity index (χ0v) is 14.0. The third-order valence-corrected chi connectivity index (χ3v) is 5.27. The second-order valence-electron chi connectivity index (χ2n) is 7.01. The first-order chi connectivity index (χ1) is 12.1. The molecule has 0 spiro atoms. The minimum absolute atomic E-state index is 0.0886. The van der Waals surface area contributed by atoms with Gasteiger partial charge in [0.05, 0.1) is 18.1 Å². The molecule has 7 heteroatoms. The number of rotatable bonds is 2. The van der Waals surface area contributed by atoms with Gasteiger partial charge < -0.3 is 19.9 Å². The number of nitrogens with one attached hydrogen (secondary N) is 1. The second-order valence-corrected chi connectivity index (χ2v) is 7.01. The lowest BCUT2D eigenvalue weighted by atomic mass is 9.99. The van der Waals surface area contributed by atoms with E-state index in [9.17, 15) is 14.0 Å². The zero-order chi connectivity index (χ0) is 17.4. The molecule has 1 aromatic carbocycles. The molecular formula is C18H22FN3O3. The smallest absolute Gasteiger partial charge is 0.322 e. The van der Waals surface area contributed by atoms with E-state index in [1.165, 1.54) is 24.3 Å². The predicted molar refractivity (Wildman–Crippen MR) is 89.6 cm³/mol. The molecule has 3 aliphatic heterocycles. The Labute approximate surface area is 145 Å². The molecule has 3 heterocycles. The minimum atomic E-state index is -0.342. The highest BCUT2D eigenvalue weighted by Gasteiger charge is 2.47. The summed E-state index contributed by atoms with van der Waals surface area (Å²) < 4.78 is 18.9. The van der Waals surface area contributed by atoms with Gasteiger partial charge in [-0.1, -0.05) is 0 Å². The van der Waals surface area contributed by atoms with E-state index in [0.29, 0.717) is 25.2 Å². The fourth-order valence-electron chi connectivity index (χ4n) is 3.99. The summed E-state index contributed by atoms with van der Waals surface area (Å²) in [4.78, 5) is 28.8. The normalized spacial score (nSPS) is 28.3. The van der Waals surface area contributed by atoms with Crippen LogP contribution in [0.5, 0.6) is 0 Å². The maximum Gasteiger partial charge on any atom is 0.322 e. The van der Waals surface area contributed by atoms with Crippen LogP contribution in [0.1, 0.15) is 19.3 Å². The highest BCUT2D eigenvalue weighted by molar-refractivity contribution is 5.89. The Bertz CT molecular complexity index is 660. The molecule has 0 unspecified atom stereocenters. The van der Waals surface area contributed by atoms with Gasteiger partial charge in [-0.25, -0.2) is 9.18 Å². The van der Waals surface area contributed by atoms with Gasteiger partial charge in [0.1, 0.15) is 5.82 Å². The van der Waals surface area contributed by atoms with Crippen LogP contribution in [0, 0.1) is 11.7 Å². The maximum atomic E-state index is 13.0. The van der Waals surface area contributed by atoms with Crippen molar-refractivity contribution in [3.05, 3.63) is 30.1 Å². The highest BCUT2D eigenvalue weighted by Crippen LogP contribution is 2.34. The quantitative estimate of drug-likeness (QED) is 0.891. The van der Waals surface area contributed by atoms with Gasteiger partial charge in [-0.3, -0.25) is 4.79 Å². The van der Waals surface area contributed by atoms with Crippen molar-refractivity contribution in [1.82, 2.24) is 9.80 Å². The molecule has 3 saturated heterocycles. The van der Waals surface area contributed by atoms with Crippen LogP contribution in [0.4, 0.5) is 14.9 Å². The Hall–Kier alpha value is -2.15. The molecule has 4 rings (SSSR count). The lowest BCUT2D eigenvalue weighted by molar-refractivity contribution is -0.137. The zero-order valence-electron chi connectivity index (χ0n) is 14.0. The van der Waals surface area contributed by atoms with Crippen molar-refractivity contribution in [3.63, 3.8) is 0 Å². The molecule has 0 aliphatic carbocycles. The van der Waals surface area contributed by atoms with Crippen LogP contribution < -0.4 is 5.32 Å². The van der Waals surface area contributed by atoms with E-state index in [1.54, 1.807) is 4.90 Å². The Morgan fingerprint density at radius 3 is 2.52 bits per heavy atom. The number of anilines is 1. The topological polar surface area (TPSA) is 61.9 Å². The lowest BCUT2D eigenvalue weighted by Gasteiger charge is -2.33. The van der Waals surface area contributed by atoms with E-state index >= 15 is 0 Å². The van der Waals surface area contributed by atoms with E-state index in [4.69, 9.17) is 4.74 Å². The number of ether oxygens (including phenoxy) is 1. The van der Waals surface area contributed by atoms with Crippen LogP contribution >= 0.6 is 0 Å². The number of carbonyl (C=O) groups excluding carboxylic acids is 2. The lowest BCUT2D eigenvalue weighted by Crippen LogP contribution is -2.49. The van der Waals surface area contributed by atoms with Gasteiger partial charge in [0.2, 0.25) is 5.91 Å². The van der Waals surface area contributed by atoms with Crippen LogP contribution in [0.3, 0.4) is 0 Å². The molecule has 25 heavy (non-hydrogen) atoms. The maximum absolute atomic E-state index is 13.0. The first-order valence-electron chi connectivity index (χ1n) is 8.86. The number of halogens is 1. The Balaban J connectivity index is 1.38. The Kier molecular flexibility index (Phi) is 4.33. The number of amides is 3. The van der Waals surface area contributed by atoms with Crippen molar-refractivity contribution in [1.29, 1.82) is 0 Å². The van der Waals surface area contributed by atoms with Gasteiger partial charge in [0.15, 0.2) is 0 Å². The number of benzene rings is 1. The number of carbonyl (C=O) groups is 2. The van der Waals surface area contributed by atoms with Crippen molar-refractivity contribution < 1.29 is 18.7 Å². The molecule has 134 valence electrons. The van der Waals surface area contributed by atoms with Gasteiger partial charge >= 0.3 is 6.03 Å². The summed E-state index contributed by atoms with van der Waals surface area (Å²) in [5.74, 6) is -0.316. The van der Waals surface area contributed by atoms with Crippen LogP contribution in [0.15, 0.2) is 24.3 Å². The van der Waals surface area contributed by atoms with Crippen LogP contribution in [-0.4, -0.2) is 60.1 Å². The monoisotopic (exact) mass is 347 g/mol. The molecule has 3 aliphatic rings. The molecular weight excluding hydrogens is 325 g/mol. The van der Waals surface area contributed by atoms with Gasteiger partial charge in [-0.05, 0) is 43.5 Å². The summed E-state index contributed by atoms with van der Waals surface area (Å²) in [5.41, 5.74) is 0.551. The predicted octanol–water partition coefficient (Wildman–Crippen LogP) is 2.07. The first kappa shape index (κ1) is 16.3. The van der Waals surface area contributed by atoms with Gasteiger partial charge in [0.25, 0.3) is 0 Å². The number of hydrogen-bond acceptors (Lipinski definition) is 3. The molecule has 1 aromatic rings. The summed E-state index contributed by atoms with van der Waals surface area (Å²) >= 11 is 0. The molecule has 3 fully saturated rings. The standard InChI is InChI=1S/C18H22FN3O3/c19-12-3-5-13(6-4-12)20-18(24)22-10-14-9-15(16(11-22)25-14)17(23)21-7-1-2-8-21/h3-6,14-16H,1-2,7-11H2,(H,20,24)/t14-,15+,16-/m1/s1. The number of likely N-dealkylation sites (tertiary alicyclic amines) is 2. The second kappa shape index (κ2) is 6.63. The van der Waals surface area contributed by atoms with Crippen molar-refractivity contribution in [3.8, 4) is 0 Å². The summed E-state index contributed by atoms with van der Waals surface area (Å²) in [5, 5.41) is 2.78. The fourth-order valence-corrected chi connectivity index (χ4v) is 3.99. The van der Waals surface area contributed by atoms with Crippen molar-refractivity contribution in [2.75, 3.05) is 31.5 Å².